The quantitative estimate of drug-likeness (QED) is 0.864. The highest BCUT2D eigenvalue weighted by Crippen LogP contribution is 2.23. The van der Waals surface area contributed by atoms with Crippen LogP contribution in [0.2, 0.25) is 0 Å². The monoisotopic (exact) mass is 342 g/mol. The summed E-state index contributed by atoms with van der Waals surface area (Å²) in [6.07, 6.45) is 2.32. The van der Waals surface area contributed by atoms with Gasteiger partial charge in [0.05, 0.1) is 0 Å². The normalized spacial score (nSPS) is 21.1. The molecule has 0 unspecified atom stereocenters. The maximum atomic E-state index is 13.0. The fourth-order valence-corrected chi connectivity index (χ4v) is 4.77. The van der Waals surface area contributed by atoms with E-state index >= 15 is 0 Å². The van der Waals surface area contributed by atoms with Crippen molar-refractivity contribution in [3.05, 3.63) is 18.0 Å². The third-order valence-corrected chi connectivity index (χ3v) is 6.34. The van der Waals surface area contributed by atoms with Crippen molar-refractivity contribution >= 4 is 15.9 Å². The molecule has 0 saturated carbocycles. The zero-order valence-corrected chi connectivity index (χ0v) is 15.1. The van der Waals surface area contributed by atoms with Gasteiger partial charge in [-0.25, -0.2) is 8.42 Å². The number of rotatable bonds is 4. The number of aryl methyl sites for hydroxylation is 1. The van der Waals surface area contributed by atoms with Crippen LogP contribution in [0.25, 0.3) is 0 Å². The molecule has 1 amide bonds. The Hall–Kier alpha value is -1.38. The number of carbonyl (C=O) groups excluding carboxylic acids is 1. The van der Waals surface area contributed by atoms with Crippen molar-refractivity contribution in [3.63, 3.8) is 0 Å². The van der Waals surface area contributed by atoms with Crippen LogP contribution in [0.15, 0.2) is 17.2 Å². The van der Waals surface area contributed by atoms with Gasteiger partial charge in [0, 0.05) is 39.4 Å². The number of amides is 1. The first kappa shape index (κ1) is 18.0. The lowest BCUT2D eigenvalue weighted by Crippen LogP contribution is -2.42. The largest absolute Gasteiger partial charge is 0.354 e. The minimum absolute atomic E-state index is 0.0916. The second-order valence-corrected chi connectivity index (χ2v) is 7.85. The first-order valence-corrected chi connectivity index (χ1v) is 9.38. The van der Waals surface area contributed by atoms with Crippen molar-refractivity contribution in [2.24, 2.45) is 7.05 Å². The van der Waals surface area contributed by atoms with E-state index in [1.165, 1.54) is 19.3 Å². The average molecular weight is 342 g/mol. The van der Waals surface area contributed by atoms with Gasteiger partial charge in [0.25, 0.3) is 5.91 Å². The van der Waals surface area contributed by atoms with Crippen LogP contribution < -0.4 is 5.32 Å². The van der Waals surface area contributed by atoms with Gasteiger partial charge in [0.15, 0.2) is 0 Å². The summed E-state index contributed by atoms with van der Waals surface area (Å²) in [5, 5.41) is 2.52. The molecule has 1 aromatic heterocycles. The van der Waals surface area contributed by atoms with E-state index in [1.54, 1.807) is 15.9 Å². The number of hydrogen-bond acceptors (Lipinski definition) is 4. The van der Waals surface area contributed by atoms with Gasteiger partial charge in [-0.3, -0.25) is 4.79 Å². The summed E-state index contributed by atoms with van der Waals surface area (Å²) in [5.74, 6) is -0.296. The molecule has 0 radical (unpaired) electrons. The van der Waals surface area contributed by atoms with Crippen molar-refractivity contribution in [1.82, 2.24) is 19.1 Å². The maximum absolute atomic E-state index is 13.0. The van der Waals surface area contributed by atoms with Crippen molar-refractivity contribution in [1.29, 1.82) is 0 Å². The van der Waals surface area contributed by atoms with E-state index in [4.69, 9.17) is 0 Å². The molecule has 0 bridgehead atoms. The summed E-state index contributed by atoms with van der Waals surface area (Å²) in [6.45, 7) is 7.09. The number of hydrogen-bond donors (Lipinski definition) is 1. The van der Waals surface area contributed by atoms with Gasteiger partial charge in [-0.15, -0.1) is 0 Å². The molecule has 1 saturated heterocycles. The van der Waals surface area contributed by atoms with Crippen molar-refractivity contribution in [2.75, 3.05) is 33.2 Å². The highest BCUT2D eigenvalue weighted by atomic mass is 32.2. The van der Waals surface area contributed by atoms with Gasteiger partial charge in [-0.1, -0.05) is 6.92 Å². The highest BCUT2D eigenvalue weighted by molar-refractivity contribution is 7.89. The predicted octanol–water partition coefficient (Wildman–Crippen LogP) is 0.490. The second-order valence-electron chi connectivity index (χ2n) is 5.96. The summed E-state index contributed by atoms with van der Waals surface area (Å²) in [7, 11) is -0.401. The molecule has 2 rings (SSSR count). The maximum Gasteiger partial charge on any atom is 0.267 e. The lowest BCUT2D eigenvalue weighted by Gasteiger charge is -2.27. The Balaban J connectivity index is 2.32. The van der Waals surface area contributed by atoms with Crippen LogP contribution >= 0.6 is 0 Å². The van der Waals surface area contributed by atoms with Crippen molar-refractivity contribution < 1.29 is 13.2 Å². The summed E-state index contributed by atoms with van der Waals surface area (Å²) in [5.41, 5.74) is 0.337. The third-order valence-electron chi connectivity index (χ3n) is 4.36. The van der Waals surface area contributed by atoms with Gasteiger partial charge < -0.3 is 14.8 Å². The number of likely N-dealkylation sites (N-methyl/N-ethyl adjacent to an activating group) is 1. The Bertz CT molecular complexity index is 668. The molecule has 1 N–H and O–H groups in total. The Kier molecular flexibility index (Phi) is 5.49. The molecule has 2 heterocycles. The van der Waals surface area contributed by atoms with Crippen molar-refractivity contribution in [2.45, 2.75) is 31.2 Å². The van der Waals surface area contributed by atoms with E-state index in [0.717, 1.165) is 26.1 Å². The molecule has 1 aromatic rings. The van der Waals surface area contributed by atoms with Crippen LogP contribution in [-0.2, 0) is 17.1 Å². The Morgan fingerprint density at radius 2 is 2.09 bits per heavy atom. The molecule has 23 heavy (non-hydrogen) atoms. The molecule has 1 aliphatic heterocycles. The Labute approximate surface area is 138 Å². The number of nitrogens with one attached hydrogen (secondary N) is 1. The Morgan fingerprint density at radius 1 is 1.39 bits per heavy atom. The van der Waals surface area contributed by atoms with Gasteiger partial charge in [0.2, 0.25) is 10.0 Å². The first-order valence-electron chi connectivity index (χ1n) is 7.94. The van der Waals surface area contributed by atoms with Crippen LogP contribution in [-0.4, -0.2) is 67.4 Å². The zero-order valence-electron chi connectivity index (χ0n) is 14.2. The molecule has 0 aliphatic carbocycles. The molecule has 7 nitrogen and oxygen atoms in total. The number of nitrogens with zero attached hydrogens (tertiary/aromatic N) is 3. The van der Waals surface area contributed by atoms with Crippen LogP contribution in [0, 0.1) is 0 Å². The Morgan fingerprint density at radius 3 is 2.70 bits per heavy atom. The average Bonchev–Trinajstić information content (AvgIpc) is 2.80. The molecular formula is C15H26N4O3S. The van der Waals surface area contributed by atoms with E-state index in [2.05, 4.69) is 17.1 Å². The van der Waals surface area contributed by atoms with Crippen LogP contribution in [0.4, 0.5) is 0 Å². The number of aromatic nitrogens is 1. The van der Waals surface area contributed by atoms with Gasteiger partial charge >= 0.3 is 0 Å². The minimum Gasteiger partial charge on any atom is -0.354 e. The molecule has 0 spiro atoms. The smallest absolute Gasteiger partial charge is 0.267 e. The van der Waals surface area contributed by atoms with E-state index in [1.807, 2.05) is 6.92 Å². The lowest BCUT2D eigenvalue weighted by molar-refractivity contribution is 0.0955. The lowest BCUT2D eigenvalue weighted by atomic mass is 10.3. The topological polar surface area (TPSA) is 74.7 Å². The number of sulfonamides is 1. The number of carbonyl (C=O) groups is 1. The van der Waals surface area contributed by atoms with E-state index in [9.17, 15) is 13.2 Å². The van der Waals surface area contributed by atoms with Crippen LogP contribution in [0.5, 0.6) is 0 Å². The molecule has 1 fully saturated rings. The molecule has 1 aliphatic rings. The van der Waals surface area contributed by atoms with E-state index in [-0.39, 0.29) is 16.8 Å². The summed E-state index contributed by atoms with van der Waals surface area (Å²) in [6, 6.07) is 1.36. The first-order chi connectivity index (χ1) is 10.8. The summed E-state index contributed by atoms with van der Waals surface area (Å²) in [4.78, 5) is 14.2. The predicted molar refractivity (Wildman–Crippen MR) is 88.9 cm³/mol. The van der Waals surface area contributed by atoms with Crippen LogP contribution in [0.1, 0.15) is 30.8 Å². The minimum atomic E-state index is -3.60. The van der Waals surface area contributed by atoms with E-state index < -0.39 is 10.0 Å². The standard InChI is InChI=1S/C15H26N4O3S/c1-5-18-7-6-8-19(12(2)10-18)23(21,22)13-9-14(15(20)16-3)17(4)11-13/h9,11-12H,5-8,10H2,1-4H3,(H,16,20)/t12-/m1/s1. The van der Waals surface area contributed by atoms with Gasteiger partial charge in [-0.2, -0.15) is 4.31 Å². The summed E-state index contributed by atoms with van der Waals surface area (Å²) < 4.78 is 29.1. The molecular weight excluding hydrogens is 316 g/mol. The fourth-order valence-electron chi connectivity index (χ4n) is 3.04. The molecule has 130 valence electrons. The summed E-state index contributed by atoms with van der Waals surface area (Å²) >= 11 is 0. The van der Waals surface area contributed by atoms with E-state index in [0.29, 0.717) is 12.2 Å². The SMILES string of the molecule is CCN1CCCN(S(=O)(=O)c2cc(C(=O)NC)n(C)c2)[C@H](C)C1. The molecule has 8 heteroatoms. The highest BCUT2D eigenvalue weighted by Gasteiger charge is 2.33. The molecule has 1 atom stereocenters. The fraction of sp³-hybridized carbons (Fsp3) is 0.667. The van der Waals surface area contributed by atoms with Crippen molar-refractivity contribution in [3.8, 4) is 0 Å². The zero-order chi connectivity index (χ0) is 17.2. The molecule has 0 aromatic carbocycles. The second kappa shape index (κ2) is 7.02. The van der Waals surface area contributed by atoms with Gasteiger partial charge in [-0.05, 0) is 32.5 Å². The third kappa shape index (κ3) is 3.59. The van der Waals surface area contributed by atoms with Gasteiger partial charge in [0.1, 0.15) is 10.6 Å². The van der Waals surface area contributed by atoms with Crippen LogP contribution in [0.3, 0.4) is 0 Å².